The van der Waals surface area contributed by atoms with Gasteiger partial charge < -0.3 is 10.0 Å². The van der Waals surface area contributed by atoms with E-state index in [4.69, 9.17) is 33.2 Å². The van der Waals surface area contributed by atoms with Gasteiger partial charge in [-0.15, -0.1) is 0 Å². The van der Waals surface area contributed by atoms with E-state index >= 15 is 0 Å². The third-order valence-electron chi connectivity index (χ3n) is 2.34. The fourth-order valence-electron chi connectivity index (χ4n) is 1.15. The van der Waals surface area contributed by atoms with E-state index in [1.54, 1.807) is 13.1 Å². The summed E-state index contributed by atoms with van der Waals surface area (Å²) >= 11 is 14.6. The van der Waals surface area contributed by atoms with Crippen LogP contribution in [0.15, 0.2) is 29.0 Å². The second-order valence-electron chi connectivity index (χ2n) is 3.93. The quantitative estimate of drug-likeness (QED) is 0.749. The molecular formula is C12H12BBrCl2N2O2. The molecule has 20 heavy (non-hydrogen) atoms. The molecule has 0 fully saturated rings. The first-order valence-corrected chi connectivity index (χ1v) is 7.12. The Morgan fingerprint density at radius 2 is 1.50 bits per heavy atom. The minimum absolute atomic E-state index is 0.306. The van der Waals surface area contributed by atoms with Gasteiger partial charge in [-0.1, -0.05) is 23.2 Å². The Labute approximate surface area is 136 Å². The average Bonchev–Trinajstić information content (AvgIpc) is 2.38. The number of hydrogen-bond donors (Lipinski definition) is 2. The fraction of sp³-hybridized carbons (Fsp3) is 0.167. The van der Waals surface area contributed by atoms with Crippen molar-refractivity contribution < 1.29 is 10.0 Å². The van der Waals surface area contributed by atoms with Crippen molar-refractivity contribution >= 4 is 51.7 Å². The highest BCUT2D eigenvalue weighted by atomic mass is 79.9. The maximum absolute atomic E-state index is 8.70. The van der Waals surface area contributed by atoms with E-state index in [-0.39, 0.29) is 0 Å². The second-order valence-corrected chi connectivity index (χ2v) is 5.66. The van der Waals surface area contributed by atoms with Gasteiger partial charge >= 0.3 is 7.12 Å². The van der Waals surface area contributed by atoms with Crippen molar-refractivity contribution in [1.82, 2.24) is 9.97 Å². The molecule has 0 radical (unpaired) electrons. The van der Waals surface area contributed by atoms with Crippen LogP contribution < -0.4 is 5.46 Å². The predicted molar refractivity (Wildman–Crippen MR) is 85.5 cm³/mol. The number of hydrogen-bond acceptors (Lipinski definition) is 4. The molecule has 2 aromatic rings. The van der Waals surface area contributed by atoms with Crippen LogP contribution in [0.1, 0.15) is 11.4 Å². The SMILES string of the molecule is Cc1ncc(B(O)O)cc1Cl.Cc1ncc(Br)cc1Cl. The van der Waals surface area contributed by atoms with Crippen LogP contribution in [-0.4, -0.2) is 27.1 Å². The van der Waals surface area contributed by atoms with E-state index in [1.165, 1.54) is 12.3 Å². The molecule has 4 nitrogen and oxygen atoms in total. The molecule has 0 aromatic carbocycles. The summed E-state index contributed by atoms with van der Waals surface area (Å²) in [5, 5.41) is 18.5. The number of nitrogens with zero attached hydrogens (tertiary/aromatic N) is 2. The Balaban J connectivity index is 0.000000204. The van der Waals surface area contributed by atoms with Crippen LogP contribution in [0.5, 0.6) is 0 Å². The molecule has 0 aliphatic heterocycles. The number of aryl methyl sites for hydroxylation is 2. The molecule has 2 N–H and O–H groups in total. The first-order chi connectivity index (χ1) is 9.31. The minimum Gasteiger partial charge on any atom is -0.423 e. The van der Waals surface area contributed by atoms with Crippen molar-refractivity contribution in [2.75, 3.05) is 0 Å². The molecule has 8 heteroatoms. The van der Waals surface area contributed by atoms with Crippen LogP contribution in [0.4, 0.5) is 0 Å². The molecule has 0 aliphatic rings. The van der Waals surface area contributed by atoms with Crippen LogP contribution >= 0.6 is 39.1 Å². The Morgan fingerprint density at radius 1 is 1.00 bits per heavy atom. The van der Waals surface area contributed by atoms with Gasteiger partial charge in [-0.05, 0) is 41.9 Å². The highest BCUT2D eigenvalue weighted by Gasteiger charge is 2.11. The average molecular weight is 378 g/mol. The van der Waals surface area contributed by atoms with Gasteiger partial charge in [0.25, 0.3) is 0 Å². The van der Waals surface area contributed by atoms with Gasteiger partial charge in [0.2, 0.25) is 0 Å². The lowest BCUT2D eigenvalue weighted by molar-refractivity contribution is 0.425. The summed E-state index contributed by atoms with van der Waals surface area (Å²) in [5.41, 5.74) is 1.84. The topological polar surface area (TPSA) is 66.2 Å². The van der Waals surface area contributed by atoms with Crippen molar-refractivity contribution in [3.05, 3.63) is 50.4 Å². The smallest absolute Gasteiger partial charge is 0.423 e. The van der Waals surface area contributed by atoms with Gasteiger partial charge in [-0.25, -0.2) is 0 Å². The summed E-state index contributed by atoms with van der Waals surface area (Å²) in [7, 11) is -1.50. The number of pyridine rings is 2. The Hall–Kier alpha value is -0.655. The third-order valence-corrected chi connectivity index (χ3v) is 3.54. The molecular weight excluding hydrogens is 366 g/mol. The zero-order chi connectivity index (χ0) is 15.3. The fourth-order valence-corrected chi connectivity index (χ4v) is 1.95. The summed E-state index contributed by atoms with van der Waals surface area (Å²) in [6.45, 7) is 3.62. The summed E-state index contributed by atoms with van der Waals surface area (Å²) < 4.78 is 0.915. The van der Waals surface area contributed by atoms with Crippen molar-refractivity contribution in [3.8, 4) is 0 Å². The van der Waals surface area contributed by atoms with E-state index in [2.05, 4.69) is 25.9 Å². The van der Waals surface area contributed by atoms with Crippen molar-refractivity contribution in [3.63, 3.8) is 0 Å². The van der Waals surface area contributed by atoms with Crippen LogP contribution in [0.2, 0.25) is 10.0 Å². The van der Waals surface area contributed by atoms with E-state index in [0.717, 1.165) is 10.2 Å². The Bertz CT molecular complexity index is 600. The molecule has 0 atom stereocenters. The molecule has 2 heterocycles. The van der Waals surface area contributed by atoms with Crippen molar-refractivity contribution in [2.45, 2.75) is 13.8 Å². The molecule has 2 aromatic heterocycles. The molecule has 0 saturated heterocycles. The molecule has 0 bridgehead atoms. The highest BCUT2D eigenvalue weighted by Crippen LogP contribution is 2.17. The third kappa shape index (κ3) is 5.38. The summed E-state index contributed by atoms with van der Waals surface area (Å²) in [6, 6.07) is 3.30. The van der Waals surface area contributed by atoms with Gasteiger partial charge in [-0.3, -0.25) is 9.97 Å². The molecule has 0 unspecified atom stereocenters. The Kier molecular flexibility index (Phi) is 6.92. The molecule has 0 aliphatic carbocycles. The van der Waals surface area contributed by atoms with Crippen LogP contribution in [0.3, 0.4) is 0 Å². The maximum atomic E-state index is 8.70. The molecule has 2 rings (SSSR count). The number of halogens is 3. The van der Waals surface area contributed by atoms with Crippen LogP contribution in [-0.2, 0) is 0 Å². The van der Waals surface area contributed by atoms with E-state index in [9.17, 15) is 0 Å². The molecule has 0 amide bonds. The number of rotatable bonds is 1. The molecule has 106 valence electrons. The zero-order valence-electron chi connectivity index (χ0n) is 10.8. The minimum atomic E-state index is -1.50. The van der Waals surface area contributed by atoms with Gasteiger partial charge in [0.05, 0.1) is 21.4 Å². The van der Waals surface area contributed by atoms with Gasteiger partial charge in [0.15, 0.2) is 0 Å². The first-order valence-electron chi connectivity index (χ1n) is 5.57. The first kappa shape index (κ1) is 17.4. The molecule has 0 saturated carbocycles. The van der Waals surface area contributed by atoms with E-state index in [1.807, 2.05) is 13.0 Å². The normalized spacial score (nSPS) is 9.75. The predicted octanol–water partition coefficient (Wildman–Crippen LogP) is 2.53. The lowest BCUT2D eigenvalue weighted by atomic mass is 9.82. The monoisotopic (exact) mass is 376 g/mol. The van der Waals surface area contributed by atoms with E-state index < -0.39 is 7.12 Å². The zero-order valence-corrected chi connectivity index (χ0v) is 13.9. The summed E-state index contributed by atoms with van der Waals surface area (Å²) in [4.78, 5) is 7.85. The lowest BCUT2D eigenvalue weighted by Crippen LogP contribution is -2.30. The van der Waals surface area contributed by atoms with Gasteiger partial charge in [0.1, 0.15) is 0 Å². The Morgan fingerprint density at radius 3 is 1.90 bits per heavy atom. The van der Waals surface area contributed by atoms with Crippen LogP contribution in [0.25, 0.3) is 0 Å². The van der Waals surface area contributed by atoms with Crippen molar-refractivity contribution in [2.24, 2.45) is 0 Å². The van der Waals surface area contributed by atoms with Gasteiger partial charge in [0, 0.05) is 22.3 Å². The second kappa shape index (κ2) is 7.95. The largest absolute Gasteiger partial charge is 0.490 e. The van der Waals surface area contributed by atoms with Crippen molar-refractivity contribution in [1.29, 1.82) is 0 Å². The maximum Gasteiger partial charge on any atom is 0.490 e. The standard InChI is InChI=1S/C6H7BClNO2.C6H5BrClN/c1-4-6(8)2-5(3-9-4)7(10)11;1-4-6(8)2-5(7)3-9-4/h2-3,10-11H,1H3;2-3H,1H3. The van der Waals surface area contributed by atoms with E-state index in [0.29, 0.717) is 21.2 Å². The van der Waals surface area contributed by atoms with Crippen LogP contribution in [0, 0.1) is 13.8 Å². The lowest BCUT2D eigenvalue weighted by Gasteiger charge is -2.00. The number of aromatic nitrogens is 2. The molecule has 0 spiro atoms. The summed E-state index contributed by atoms with van der Waals surface area (Å²) in [5.74, 6) is 0. The summed E-state index contributed by atoms with van der Waals surface area (Å²) in [6.07, 6.45) is 3.10. The van der Waals surface area contributed by atoms with Gasteiger partial charge in [-0.2, -0.15) is 0 Å². The highest BCUT2D eigenvalue weighted by molar-refractivity contribution is 9.10.